The van der Waals surface area contributed by atoms with E-state index in [1.54, 1.807) is 24.4 Å². The predicted octanol–water partition coefficient (Wildman–Crippen LogP) is 0.296. The number of carbonyl (C=O) groups is 1. The smallest absolute Gasteiger partial charge is 0.329 e. The normalized spacial score (nSPS) is 10.6. The molecule has 0 spiro atoms. The summed E-state index contributed by atoms with van der Waals surface area (Å²) in [6, 6.07) is 6.53. The van der Waals surface area contributed by atoms with Crippen LogP contribution < -0.4 is 5.56 Å². The molecule has 17 heavy (non-hydrogen) atoms. The van der Waals surface area contributed by atoms with Crippen molar-refractivity contribution in [1.82, 2.24) is 9.38 Å². The van der Waals surface area contributed by atoms with E-state index in [1.165, 1.54) is 10.5 Å². The van der Waals surface area contributed by atoms with E-state index in [1.807, 2.05) is 0 Å². The molecule has 0 aromatic carbocycles. The van der Waals surface area contributed by atoms with Crippen LogP contribution in [0, 0.1) is 0 Å². The zero-order valence-corrected chi connectivity index (χ0v) is 8.87. The van der Waals surface area contributed by atoms with Gasteiger partial charge in [-0.1, -0.05) is 6.07 Å². The van der Waals surface area contributed by atoms with Crippen LogP contribution in [0.1, 0.15) is 5.69 Å². The summed E-state index contributed by atoms with van der Waals surface area (Å²) < 4.78 is 6.28. The molecule has 0 saturated carbocycles. The highest BCUT2D eigenvalue weighted by Gasteiger charge is 2.03. The van der Waals surface area contributed by atoms with Crippen LogP contribution in [0.4, 0.5) is 0 Å². The fraction of sp³-hybridized carbons (Fsp3) is 0.182. The van der Waals surface area contributed by atoms with Crippen molar-refractivity contribution in [3.05, 3.63) is 46.5 Å². The van der Waals surface area contributed by atoms with Gasteiger partial charge in [0, 0.05) is 12.3 Å². The van der Waals surface area contributed by atoms with Crippen LogP contribution in [0.3, 0.4) is 0 Å². The summed E-state index contributed by atoms with van der Waals surface area (Å²) in [7, 11) is 0. The van der Waals surface area contributed by atoms with E-state index >= 15 is 0 Å². The maximum atomic E-state index is 11.6. The van der Waals surface area contributed by atoms with Crippen molar-refractivity contribution in [2.45, 2.75) is 6.61 Å². The molecule has 88 valence electrons. The molecule has 6 heteroatoms. The van der Waals surface area contributed by atoms with Crippen molar-refractivity contribution in [2.24, 2.45) is 0 Å². The monoisotopic (exact) mass is 234 g/mol. The maximum Gasteiger partial charge on any atom is 0.329 e. The lowest BCUT2D eigenvalue weighted by molar-refractivity contribution is -0.142. The number of nitrogens with zero attached hydrogens (tertiary/aromatic N) is 2. The van der Waals surface area contributed by atoms with E-state index in [-0.39, 0.29) is 12.2 Å². The molecule has 0 bridgehead atoms. The van der Waals surface area contributed by atoms with Gasteiger partial charge in [-0.25, -0.2) is 9.78 Å². The summed E-state index contributed by atoms with van der Waals surface area (Å²) >= 11 is 0. The van der Waals surface area contributed by atoms with Crippen molar-refractivity contribution < 1.29 is 14.6 Å². The van der Waals surface area contributed by atoms with Crippen LogP contribution >= 0.6 is 0 Å². The molecule has 2 aromatic rings. The second-order valence-electron chi connectivity index (χ2n) is 3.40. The first-order valence-electron chi connectivity index (χ1n) is 4.93. The van der Waals surface area contributed by atoms with Gasteiger partial charge in [0.15, 0.2) is 0 Å². The average Bonchev–Trinajstić information content (AvgIpc) is 2.28. The number of carboxylic acids is 1. The molecule has 0 saturated heterocycles. The Kier molecular flexibility index (Phi) is 3.15. The molecule has 1 N–H and O–H groups in total. The molecule has 0 radical (unpaired) electrons. The van der Waals surface area contributed by atoms with Crippen molar-refractivity contribution in [2.75, 3.05) is 6.61 Å². The molecule has 0 fully saturated rings. The van der Waals surface area contributed by atoms with E-state index in [2.05, 4.69) is 4.98 Å². The largest absolute Gasteiger partial charge is 0.480 e. The number of rotatable bonds is 4. The minimum atomic E-state index is -1.05. The van der Waals surface area contributed by atoms with E-state index < -0.39 is 12.6 Å². The third-order valence-electron chi connectivity index (χ3n) is 2.10. The molecule has 0 amide bonds. The number of aromatic nitrogens is 2. The Bertz CT molecular complexity index is 606. The van der Waals surface area contributed by atoms with Crippen LogP contribution in [0.5, 0.6) is 0 Å². The lowest BCUT2D eigenvalue weighted by atomic mass is 10.4. The molecule has 0 aliphatic heterocycles. The van der Waals surface area contributed by atoms with E-state index in [0.29, 0.717) is 11.3 Å². The Balaban J connectivity index is 2.25. The van der Waals surface area contributed by atoms with Crippen LogP contribution in [-0.4, -0.2) is 27.1 Å². The molecule has 2 heterocycles. The van der Waals surface area contributed by atoms with Crippen LogP contribution in [-0.2, 0) is 16.1 Å². The summed E-state index contributed by atoms with van der Waals surface area (Å²) in [4.78, 5) is 26.1. The van der Waals surface area contributed by atoms with Gasteiger partial charge >= 0.3 is 5.97 Å². The summed E-state index contributed by atoms with van der Waals surface area (Å²) in [6.45, 7) is -0.400. The van der Waals surface area contributed by atoms with Gasteiger partial charge in [0.2, 0.25) is 0 Å². The van der Waals surface area contributed by atoms with E-state index in [0.717, 1.165) is 0 Å². The van der Waals surface area contributed by atoms with Gasteiger partial charge < -0.3 is 9.84 Å². The Morgan fingerprint density at radius 3 is 3.06 bits per heavy atom. The Labute approximate surface area is 96.1 Å². The average molecular weight is 234 g/mol. The van der Waals surface area contributed by atoms with Gasteiger partial charge in [0.05, 0.1) is 12.3 Å². The van der Waals surface area contributed by atoms with Crippen LogP contribution in [0.15, 0.2) is 35.3 Å². The summed E-state index contributed by atoms with van der Waals surface area (Å²) in [5.41, 5.74) is 0.709. The minimum Gasteiger partial charge on any atom is -0.480 e. The maximum absolute atomic E-state index is 11.6. The fourth-order valence-corrected chi connectivity index (χ4v) is 1.42. The minimum absolute atomic E-state index is 0.00688. The molecule has 2 rings (SSSR count). The van der Waals surface area contributed by atoms with Gasteiger partial charge in [-0.2, -0.15) is 0 Å². The number of hydrogen-bond donors (Lipinski definition) is 1. The fourth-order valence-electron chi connectivity index (χ4n) is 1.42. The molecule has 0 aliphatic rings. The molecule has 0 unspecified atom stereocenters. The Morgan fingerprint density at radius 1 is 1.47 bits per heavy atom. The van der Waals surface area contributed by atoms with Crippen molar-refractivity contribution in [3.8, 4) is 0 Å². The first-order chi connectivity index (χ1) is 8.16. The zero-order chi connectivity index (χ0) is 12.3. The number of aliphatic carboxylic acids is 1. The number of pyridine rings is 1. The second-order valence-corrected chi connectivity index (χ2v) is 3.40. The first kappa shape index (κ1) is 11.3. The van der Waals surface area contributed by atoms with Gasteiger partial charge in [-0.15, -0.1) is 0 Å². The van der Waals surface area contributed by atoms with Crippen LogP contribution in [0.25, 0.3) is 5.65 Å². The molecular formula is C11H10N2O4. The standard InChI is InChI=1S/C11H10N2O4/c14-10-5-8(6-17-7-11(15)16)12-9-3-1-2-4-13(9)10/h1-5H,6-7H2,(H,15,16). The van der Waals surface area contributed by atoms with E-state index in [4.69, 9.17) is 9.84 Å². The third-order valence-corrected chi connectivity index (χ3v) is 2.10. The van der Waals surface area contributed by atoms with Gasteiger partial charge in [-0.05, 0) is 12.1 Å². The topological polar surface area (TPSA) is 80.9 Å². The SMILES string of the molecule is O=C(O)COCc1cc(=O)n2ccccc2n1. The lowest BCUT2D eigenvalue weighted by Gasteiger charge is -2.03. The zero-order valence-electron chi connectivity index (χ0n) is 8.87. The van der Waals surface area contributed by atoms with Crippen molar-refractivity contribution in [1.29, 1.82) is 0 Å². The second kappa shape index (κ2) is 4.75. The van der Waals surface area contributed by atoms with Gasteiger partial charge in [0.1, 0.15) is 12.3 Å². The quantitative estimate of drug-likeness (QED) is 0.822. The summed E-state index contributed by atoms with van der Waals surface area (Å²) in [5.74, 6) is -1.05. The third kappa shape index (κ3) is 2.67. The molecule has 0 atom stereocenters. The number of fused-ring (bicyclic) bond motifs is 1. The Morgan fingerprint density at radius 2 is 2.29 bits per heavy atom. The first-order valence-corrected chi connectivity index (χ1v) is 4.93. The molecule has 2 aromatic heterocycles. The van der Waals surface area contributed by atoms with Crippen molar-refractivity contribution >= 4 is 11.6 Å². The summed E-state index contributed by atoms with van der Waals surface area (Å²) in [5, 5.41) is 8.41. The molecule has 6 nitrogen and oxygen atoms in total. The number of ether oxygens (including phenoxy) is 1. The Hall–Kier alpha value is -2.21. The lowest BCUT2D eigenvalue weighted by Crippen LogP contribution is -2.16. The number of carboxylic acid groups (broad SMARTS) is 1. The molecule has 0 aliphatic carbocycles. The van der Waals surface area contributed by atoms with Gasteiger partial charge in [-0.3, -0.25) is 9.20 Å². The van der Waals surface area contributed by atoms with E-state index in [9.17, 15) is 9.59 Å². The summed E-state index contributed by atoms with van der Waals surface area (Å²) in [6.07, 6.45) is 1.62. The molecular weight excluding hydrogens is 224 g/mol. The highest BCUT2D eigenvalue weighted by atomic mass is 16.5. The number of hydrogen-bond acceptors (Lipinski definition) is 4. The highest BCUT2D eigenvalue weighted by molar-refractivity contribution is 5.67. The predicted molar refractivity (Wildman–Crippen MR) is 58.8 cm³/mol. The van der Waals surface area contributed by atoms with Crippen molar-refractivity contribution in [3.63, 3.8) is 0 Å². The van der Waals surface area contributed by atoms with Gasteiger partial charge in [0.25, 0.3) is 5.56 Å². The van der Waals surface area contributed by atoms with Crippen LogP contribution in [0.2, 0.25) is 0 Å². The highest BCUT2D eigenvalue weighted by Crippen LogP contribution is 1.99.